The van der Waals surface area contributed by atoms with Crippen molar-refractivity contribution in [2.75, 3.05) is 19.8 Å². The van der Waals surface area contributed by atoms with Crippen molar-refractivity contribution in [1.82, 2.24) is 0 Å². The predicted octanol–water partition coefficient (Wildman–Crippen LogP) is 5.04. The highest BCUT2D eigenvalue weighted by atomic mass is 16.7. The van der Waals surface area contributed by atoms with Gasteiger partial charge in [-0.05, 0) is 57.2 Å². The Morgan fingerprint density at radius 3 is 1.89 bits per heavy atom. The van der Waals surface area contributed by atoms with Gasteiger partial charge in [-0.15, -0.1) is 0 Å². The molecule has 1 rings (SSSR count). The molecule has 2 unspecified atom stereocenters. The van der Waals surface area contributed by atoms with Crippen LogP contribution >= 0.6 is 0 Å². The molecule has 0 fully saturated rings. The van der Waals surface area contributed by atoms with Crippen LogP contribution in [-0.2, 0) is 23.8 Å². The zero-order valence-electron chi connectivity index (χ0n) is 23.1. The van der Waals surface area contributed by atoms with Gasteiger partial charge in [-0.2, -0.15) is 0 Å². The molecule has 0 amide bonds. The van der Waals surface area contributed by atoms with E-state index in [0.29, 0.717) is 18.4 Å². The number of nitrogens with two attached hydrogens (primary N) is 1. The molecule has 3 N–H and O–H groups in total. The number of benzene rings is 1. The highest BCUT2D eigenvalue weighted by Crippen LogP contribution is 2.36. The lowest BCUT2D eigenvalue weighted by molar-refractivity contribution is -0.154. The van der Waals surface area contributed by atoms with Crippen molar-refractivity contribution in [2.24, 2.45) is 17.1 Å². The zero-order chi connectivity index (χ0) is 28.9. The molecule has 11 nitrogen and oxygen atoms in total. The Bertz CT molecular complexity index is 940. The van der Waals surface area contributed by atoms with Crippen LogP contribution in [0.3, 0.4) is 0 Å². The molecule has 0 saturated heterocycles. The second-order valence-corrected chi connectivity index (χ2v) is 10.0. The summed E-state index contributed by atoms with van der Waals surface area (Å²) in [5, 5.41) is 9.66. The fourth-order valence-corrected chi connectivity index (χ4v) is 3.30. The summed E-state index contributed by atoms with van der Waals surface area (Å²) in [6.07, 6.45) is 0.875. The first kappa shape index (κ1) is 32.7. The van der Waals surface area contributed by atoms with Crippen molar-refractivity contribution in [3.05, 3.63) is 23.8 Å². The van der Waals surface area contributed by atoms with E-state index in [-0.39, 0.29) is 31.3 Å². The molecular formula is C27H41NO10. The Morgan fingerprint density at radius 2 is 1.42 bits per heavy atom. The molecule has 0 aromatic heterocycles. The minimum atomic E-state index is -1.38. The maximum absolute atomic E-state index is 12.3. The Balaban J connectivity index is 3.31. The van der Waals surface area contributed by atoms with E-state index in [1.807, 2.05) is 13.8 Å². The molecule has 11 heteroatoms. The molecule has 0 saturated carbocycles. The lowest BCUT2D eigenvalue weighted by Crippen LogP contribution is -2.41. The molecule has 0 bridgehead atoms. The van der Waals surface area contributed by atoms with E-state index in [0.717, 1.165) is 12.8 Å². The predicted molar refractivity (Wildman–Crippen MR) is 138 cm³/mol. The fourth-order valence-electron chi connectivity index (χ4n) is 3.30. The topological polar surface area (TPSA) is 161 Å². The van der Waals surface area contributed by atoms with Gasteiger partial charge < -0.3 is 34.5 Å². The molecule has 0 aliphatic rings. The van der Waals surface area contributed by atoms with Gasteiger partial charge in [0.05, 0.1) is 25.2 Å². The molecular weight excluding hydrogens is 498 g/mol. The standard InChI is InChI=1S/C27H41NO10/c1-7-9-13-34-25(32)37-19-12-11-18(15-20(19)38-26(33)35-14-10-8-2)21(22(28)23(29)30)17(3)16-36-24(31)27(4,5)6/h11-12,15,17,21-22H,7-10,13-14,16,28H2,1-6H3,(H,29,30)/t17?,21?,22-/m0/s1. The molecule has 214 valence electrons. The zero-order valence-corrected chi connectivity index (χ0v) is 23.1. The number of unbranched alkanes of at least 4 members (excludes halogenated alkanes) is 2. The highest BCUT2D eigenvalue weighted by Gasteiger charge is 2.34. The van der Waals surface area contributed by atoms with Gasteiger partial charge >= 0.3 is 24.2 Å². The number of carbonyl (C=O) groups is 4. The number of hydrogen-bond acceptors (Lipinski definition) is 10. The van der Waals surface area contributed by atoms with Crippen molar-refractivity contribution < 1.29 is 48.0 Å². The maximum atomic E-state index is 12.3. The summed E-state index contributed by atoms with van der Waals surface area (Å²) in [6, 6.07) is 2.82. The number of rotatable bonds is 14. The quantitative estimate of drug-likeness (QED) is 0.141. The number of esters is 1. The van der Waals surface area contributed by atoms with Gasteiger partial charge in [-0.1, -0.05) is 39.7 Å². The molecule has 0 aliphatic carbocycles. The van der Waals surface area contributed by atoms with E-state index in [4.69, 9.17) is 29.4 Å². The Morgan fingerprint density at radius 1 is 0.895 bits per heavy atom. The number of carboxylic acids is 1. The lowest BCUT2D eigenvalue weighted by Gasteiger charge is -2.29. The second-order valence-electron chi connectivity index (χ2n) is 10.0. The normalized spacial score (nSPS) is 13.6. The van der Waals surface area contributed by atoms with Gasteiger partial charge in [0.25, 0.3) is 0 Å². The average molecular weight is 540 g/mol. The van der Waals surface area contributed by atoms with Crippen LogP contribution in [-0.4, -0.2) is 55.2 Å². The van der Waals surface area contributed by atoms with Gasteiger partial charge in [0.2, 0.25) is 0 Å². The molecule has 0 spiro atoms. The van der Waals surface area contributed by atoms with Gasteiger partial charge in [-0.3, -0.25) is 9.59 Å². The maximum Gasteiger partial charge on any atom is 0.513 e. The molecule has 3 atom stereocenters. The van der Waals surface area contributed by atoms with Crippen LogP contribution in [0.15, 0.2) is 18.2 Å². The van der Waals surface area contributed by atoms with Crippen LogP contribution < -0.4 is 15.2 Å². The third-order valence-corrected chi connectivity index (χ3v) is 5.55. The number of hydrogen-bond donors (Lipinski definition) is 2. The van der Waals surface area contributed by atoms with Gasteiger partial charge in [-0.25, -0.2) is 9.59 Å². The monoisotopic (exact) mass is 539 g/mol. The molecule has 1 aromatic rings. The Labute approximate surface area is 223 Å². The summed E-state index contributed by atoms with van der Waals surface area (Å²) in [7, 11) is 0. The minimum Gasteiger partial charge on any atom is -0.480 e. The summed E-state index contributed by atoms with van der Waals surface area (Å²) >= 11 is 0. The summed E-state index contributed by atoms with van der Waals surface area (Å²) in [4.78, 5) is 48.5. The number of carboxylic acid groups (broad SMARTS) is 1. The van der Waals surface area contributed by atoms with Crippen LogP contribution in [0, 0.1) is 11.3 Å². The van der Waals surface area contributed by atoms with Crippen molar-refractivity contribution >= 4 is 24.2 Å². The first-order valence-electron chi connectivity index (χ1n) is 12.8. The fraction of sp³-hybridized carbons (Fsp3) is 0.630. The summed E-state index contributed by atoms with van der Waals surface area (Å²) in [6.45, 7) is 10.9. The third-order valence-electron chi connectivity index (χ3n) is 5.55. The van der Waals surface area contributed by atoms with Crippen LogP contribution in [0.5, 0.6) is 11.5 Å². The van der Waals surface area contributed by atoms with Gasteiger partial charge in [0, 0.05) is 5.92 Å². The van der Waals surface area contributed by atoms with E-state index < -0.39 is 47.5 Å². The number of ether oxygens (including phenoxy) is 5. The molecule has 1 aromatic carbocycles. The number of carbonyl (C=O) groups excluding carboxylic acids is 3. The summed E-state index contributed by atoms with van der Waals surface area (Å²) < 4.78 is 26.0. The molecule has 0 heterocycles. The van der Waals surface area contributed by atoms with Crippen molar-refractivity contribution in [1.29, 1.82) is 0 Å². The van der Waals surface area contributed by atoms with E-state index in [2.05, 4.69) is 0 Å². The Hall–Kier alpha value is -3.34. The van der Waals surface area contributed by atoms with Crippen molar-refractivity contribution in [3.8, 4) is 11.5 Å². The van der Waals surface area contributed by atoms with Crippen molar-refractivity contribution in [3.63, 3.8) is 0 Å². The van der Waals surface area contributed by atoms with Crippen LogP contribution in [0.25, 0.3) is 0 Å². The van der Waals surface area contributed by atoms with Crippen molar-refractivity contribution in [2.45, 2.75) is 79.2 Å². The van der Waals surface area contributed by atoms with Gasteiger partial charge in [0.15, 0.2) is 11.5 Å². The van der Waals surface area contributed by atoms with E-state index in [1.165, 1.54) is 18.2 Å². The largest absolute Gasteiger partial charge is 0.513 e. The van der Waals surface area contributed by atoms with Gasteiger partial charge in [0.1, 0.15) is 6.04 Å². The number of aliphatic carboxylic acids is 1. The molecule has 38 heavy (non-hydrogen) atoms. The first-order valence-corrected chi connectivity index (χ1v) is 12.8. The average Bonchev–Trinajstić information content (AvgIpc) is 2.83. The second kappa shape index (κ2) is 15.8. The van der Waals surface area contributed by atoms with Crippen LogP contribution in [0.2, 0.25) is 0 Å². The highest BCUT2D eigenvalue weighted by molar-refractivity contribution is 5.76. The van der Waals surface area contributed by atoms with E-state index in [1.54, 1.807) is 27.7 Å². The molecule has 0 aliphatic heterocycles. The Kier molecular flexibility index (Phi) is 13.6. The van der Waals surface area contributed by atoms with Crippen LogP contribution in [0.4, 0.5) is 9.59 Å². The SMILES string of the molecule is CCCCOC(=O)Oc1ccc(C(C(C)COC(=O)C(C)(C)C)[C@H](N)C(=O)O)cc1OC(=O)OCCCC. The van der Waals surface area contributed by atoms with Crippen LogP contribution in [0.1, 0.15) is 78.7 Å². The minimum absolute atomic E-state index is 0.0982. The summed E-state index contributed by atoms with van der Waals surface area (Å²) in [5.74, 6) is -3.43. The summed E-state index contributed by atoms with van der Waals surface area (Å²) in [5.41, 5.74) is 5.65. The van der Waals surface area contributed by atoms with E-state index >= 15 is 0 Å². The lowest BCUT2D eigenvalue weighted by atomic mass is 9.82. The van der Waals surface area contributed by atoms with E-state index in [9.17, 15) is 24.3 Å². The molecule has 0 radical (unpaired) electrons. The smallest absolute Gasteiger partial charge is 0.480 e. The first-order chi connectivity index (χ1) is 17.8. The third kappa shape index (κ3) is 11.0.